The third-order valence-electron chi connectivity index (χ3n) is 3.18. The van der Waals surface area contributed by atoms with Crippen LogP contribution in [0.3, 0.4) is 0 Å². The van der Waals surface area contributed by atoms with Crippen molar-refractivity contribution < 1.29 is 14.1 Å². The molecule has 2 amide bonds. The molecule has 1 aromatic heterocycles. The molecule has 0 aliphatic carbocycles. The molecular formula is C15H17N3O3. The van der Waals surface area contributed by atoms with Crippen LogP contribution in [-0.4, -0.2) is 17.0 Å². The molecule has 0 spiro atoms. The van der Waals surface area contributed by atoms with Crippen molar-refractivity contribution in [2.75, 3.05) is 0 Å². The lowest BCUT2D eigenvalue weighted by Gasteiger charge is -2.09. The van der Waals surface area contributed by atoms with Crippen molar-refractivity contribution in [3.8, 4) is 0 Å². The molecular weight excluding hydrogens is 270 g/mol. The van der Waals surface area contributed by atoms with Crippen LogP contribution in [0.5, 0.6) is 0 Å². The molecule has 2 rings (SSSR count). The van der Waals surface area contributed by atoms with E-state index in [1.54, 1.807) is 19.9 Å². The Hall–Kier alpha value is -2.63. The zero-order chi connectivity index (χ0) is 15.6. The number of carbonyl (C=O) groups is 2. The lowest BCUT2D eigenvalue weighted by Crippen LogP contribution is -2.42. The summed E-state index contributed by atoms with van der Waals surface area (Å²) in [6.07, 6.45) is 0. The van der Waals surface area contributed by atoms with Gasteiger partial charge >= 0.3 is 0 Å². The van der Waals surface area contributed by atoms with Gasteiger partial charge in [-0.3, -0.25) is 20.4 Å². The van der Waals surface area contributed by atoms with Crippen molar-refractivity contribution in [1.82, 2.24) is 16.0 Å². The number of hydrazine groups is 1. The maximum Gasteiger partial charge on any atom is 0.275 e. The maximum absolute atomic E-state index is 12.1. The van der Waals surface area contributed by atoms with E-state index >= 15 is 0 Å². The minimum atomic E-state index is -0.454. The number of benzene rings is 1. The van der Waals surface area contributed by atoms with Gasteiger partial charge in [0.15, 0.2) is 0 Å². The second-order valence-electron chi connectivity index (χ2n) is 4.93. The standard InChI is InChI=1S/C15H17N3O3/c1-8-5-6-12(9(2)7-8)14(19)16-17-15(20)13-10(3)18-21-11(13)4/h5-7H,1-4H3,(H,16,19)(H,17,20). The van der Waals surface area contributed by atoms with Gasteiger partial charge in [-0.15, -0.1) is 0 Å². The van der Waals surface area contributed by atoms with Crippen molar-refractivity contribution in [1.29, 1.82) is 0 Å². The molecule has 0 atom stereocenters. The first-order valence-electron chi connectivity index (χ1n) is 6.51. The van der Waals surface area contributed by atoms with Gasteiger partial charge in [0.1, 0.15) is 11.3 Å². The molecule has 0 bridgehead atoms. The van der Waals surface area contributed by atoms with Gasteiger partial charge in [-0.2, -0.15) is 0 Å². The molecule has 1 aromatic carbocycles. The Morgan fingerprint density at radius 1 is 1.05 bits per heavy atom. The lowest BCUT2D eigenvalue weighted by molar-refractivity contribution is 0.0845. The summed E-state index contributed by atoms with van der Waals surface area (Å²) in [6.45, 7) is 7.10. The summed E-state index contributed by atoms with van der Waals surface area (Å²) in [5, 5.41) is 3.70. The molecule has 0 saturated heterocycles. The van der Waals surface area contributed by atoms with Crippen LogP contribution >= 0.6 is 0 Å². The third-order valence-corrected chi connectivity index (χ3v) is 3.18. The summed E-state index contributed by atoms with van der Waals surface area (Å²) < 4.78 is 4.92. The predicted octanol–water partition coefficient (Wildman–Crippen LogP) is 1.98. The van der Waals surface area contributed by atoms with E-state index in [0.29, 0.717) is 22.6 Å². The van der Waals surface area contributed by atoms with Crippen LogP contribution in [0.15, 0.2) is 22.7 Å². The number of hydrogen-bond donors (Lipinski definition) is 2. The monoisotopic (exact) mass is 287 g/mol. The molecule has 0 unspecified atom stereocenters. The topological polar surface area (TPSA) is 84.2 Å². The second-order valence-corrected chi connectivity index (χ2v) is 4.93. The summed E-state index contributed by atoms with van der Waals surface area (Å²) in [7, 11) is 0. The van der Waals surface area contributed by atoms with Gasteiger partial charge in [-0.1, -0.05) is 22.9 Å². The highest BCUT2D eigenvalue weighted by Crippen LogP contribution is 2.12. The fourth-order valence-corrected chi connectivity index (χ4v) is 2.12. The molecule has 6 heteroatoms. The zero-order valence-corrected chi connectivity index (χ0v) is 12.4. The molecule has 0 fully saturated rings. The number of rotatable bonds is 2. The van der Waals surface area contributed by atoms with Crippen molar-refractivity contribution in [3.63, 3.8) is 0 Å². The van der Waals surface area contributed by atoms with E-state index in [4.69, 9.17) is 4.52 Å². The number of aryl methyl sites for hydroxylation is 4. The maximum atomic E-state index is 12.1. The number of aromatic nitrogens is 1. The Labute approximate surface area is 122 Å². The second kappa shape index (κ2) is 5.78. The van der Waals surface area contributed by atoms with Gasteiger partial charge in [-0.25, -0.2) is 0 Å². The summed E-state index contributed by atoms with van der Waals surface area (Å²) >= 11 is 0. The SMILES string of the molecule is Cc1ccc(C(=O)NNC(=O)c2c(C)noc2C)c(C)c1. The predicted molar refractivity (Wildman–Crippen MR) is 76.8 cm³/mol. The van der Waals surface area contributed by atoms with Crippen molar-refractivity contribution in [2.24, 2.45) is 0 Å². The third kappa shape index (κ3) is 3.10. The average Bonchev–Trinajstić information content (AvgIpc) is 2.75. The minimum Gasteiger partial charge on any atom is -0.361 e. The molecule has 0 aliphatic rings. The van der Waals surface area contributed by atoms with Crippen LogP contribution in [0.2, 0.25) is 0 Å². The highest BCUT2D eigenvalue weighted by atomic mass is 16.5. The molecule has 2 aromatic rings. The average molecular weight is 287 g/mol. The summed E-state index contributed by atoms with van der Waals surface area (Å²) in [6, 6.07) is 5.48. The summed E-state index contributed by atoms with van der Waals surface area (Å²) in [5.41, 5.74) is 8.00. The normalized spacial score (nSPS) is 10.3. The van der Waals surface area contributed by atoms with E-state index < -0.39 is 5.91 Å². The van der Waals surface area contributed by atoms with Crippen molar-refractivity contribution >= 4 is 11.8 Å². The van der Waals surface area contributed by atoms with Gasteiger partial charge in [0.05, 0.1) is 5.69 Å². The van der Waals surface area contributed by atoms with Crippen LogP contribution in [-0.2, 0) is 0 Å². The first-order chi connectivity index (χ1) is 9.90. The van der Waals surface area contributed by atoms with Crippen LogP contribution < -0.4 is 10.9 Å². The van der Waals surface area contributed by atoms with E-state index in [1.165, 1.54) is 0 Å². The van der Waals surface area contributed by atoms with Crippen LogP contribution in [0.1, 0.15) is 43.3 Å². The van der Waals surface area contributed by atoms with E-state index in [9.17, 15) is 9.59 Å². The number of nitrogens with zero attached hydrogens (tertiary/aromatic N) is 1. The molecule has 0 aliphatic heterocycles. The van der Waals surface area contributed by atoms with Crippen LogP contribution in [0.4, 0.5) is 0 Å². The van der Waals surface area contributed by atoms with E-state index in [-0.39, 0.29) is 5.91 Å². The summed E-state index contributed by atoms with van der Waals surface area (Å²) in [5.74, 6) is -0.414. The molecule has 110 valence electrons. The highest BCUT2D eigenvalue weighted by Gasteiger charge is 2.18. The Morgan fingerprint density at radius 2 is 1.71 bits per heavy atom. The van der Waals surface area contributed by atoms with E-state index in [2.05, 4.69) is 16.0 Å². The molecule has 1 heterocycles. The summed E-state index contributed by atoms with van der Waals surface area (Å²) in [4.78, 5) is 24.1. The number of nitrogens with one attached hydrogen (secondary N) is 2. The van der Waals surface area contributed by atoms with Crippen LogP contribution in [0.25, 0.3) is 0 Å². The van der Waals surface area contributed by atoms with Crippen molar-refractivity contribution in [2.45, 2.75) is 27.7 Å². The Morgan fingerprint density at radius 3 is 2.29 bits per heavy atom. The van der Waals surface area contributed by atoms with Gasteiger partial charge in [0, 0.05) is 5.56 Å². The number of amides is 2. The van der Waals surface area contributed by atoms with Gasteiger partial charge in [0.2, 0.25) is 0 Å². The van der Waals surface area contributed by atoms with Crippen molar-refractivity contribution in [3.05, 3.63) is 51.9 Å². The molecule has 0 radical (unpaired) electrons. The Kier molecular flexibility index (Phi) is 4.07. The quantitative estimate of drug-likeness (QED) is 0.827. The van der Waals surface area contributed by atoms with E-state index in [0.717, 1.165) is 11.1 Å². The molecule has 0 saturated carbocycles. The molecule has 2 N–H and O–H groups in total. The lowest BCUT2D eigenvalue weighted by atomic mass is 10.1. The molecule has 21 heavy (non-hydrogen) atoms. The highest BCUT2D eigenvalue weighted by molar-refractivity contribution is 6.00. The van der Waals surface area contributed by atoms with E-state index in [1.807, 2.05) is 26.0 Å². The Bertz CT molecular complexity index is 685. The smallest absolute Gasteiger partial charge is 0.275 e. The molecule has 6 nitrogen and oxygen atoms in total. The Balaban J connectivity index is 2.06. The van der Waals surface area contributed by atoms with Gasteiger partial charge < -0.3 is 4.52 Å². The van der Waals surface area contributed by atoms with Gasteiger partial charge in [-0.05, 0) is 39.3 Å². The fourth-order valence-electron chi connectivity index (χ4n) is 2.12. The zero-order valence-electron chi connectivity index (χ0n) is 12.4. The largest absolute Gasteiger partial charge is 0.361 e. The first kappa shape index (κ1) is 14.8. The number of carbonyl (C=O) groups excluding carboxylic acids is 2. The van der Waals surface area contributed by atoms with Crippen LogP contribution in [0, 0.1) is 27.7 Å². The fraction of sp³-hybridized carbons (Fsp3) is 0.267. The minimum absolute atomic E-state index is 0.330. The number of hydrogen-bond acceptors (Lipinski definition) is 4. The van der Waals surface area contributed by atoms with Gasteiger partial charge in [0.25, 0.3) is 11.8 Å². The first-order valence-corrected chi connectivity index (χ1v) is 6.51.